The van der Waals surface area contributed by atoms with Gasteiger partial charge >= 0.3 is 5.97 Å². The maximum absolute atomic E-state index is 10.6. The summed E-state index contributed by atoms with van der Waals surface area (Å²) < 4.78 is 0. The van der Waals surface area contributed by atoms with Crippen molar-refractivity contribution in [2.75, 3.05) is 0 Å². The third-order valence-corrected chi connectivity index (χ3v) is 2.01. The zero-order valence-electron chi connectivity index (χ0n) is 6.72. The molecule has 0 unspecified atom stereocenters. The van der Waals surface area contributed by atoms with Crippen LogP contribution in [0.15, 0.2) is 0 Å². The summed E-state index contributed by atoms with van der Waals surface area (Å²) in [7, 11) is 0. The van der Waals surface area contributed by atoms with Crippen molar-refractivity contribution in [3.05, 3.63) is 0 Å². The van der Waals surface area contributed by atoms with Gasteiger partial charge in [0.25, 0.3) is 0 Å². The highest BCUT2D eigenvalue weighted by atomic mass is 16.4. The second kappa shape index (κ2) is 3.01. The van der Waals surface area contributed by atoms with Crippen molar-refractivity contribution < 1.29 is 9.90 Å². The monoisotopic (exact) mass is 145 g/mol. The molecule has 1 atom stereocenters. The van der Waals surface area contributed by atoms with E-state index in [4.69, 9.17) is 10.8 Å². The lowest BCUT2D eigenvalue weighted by Gasteiger charge is -2.26. The fraction of sp³-hybridized carbons (Fsp3) is 0.857. The predicted octanol–water partition coefficient (Wildman–Crippen LogP) is 0.834. The molecular formula is C7H15NO2. The van der Waals surface area contributed by atoms with Crippen molar-refractivity contribution >= 4 is 5.97 Å². The van der Waals surface area contributed by atoms with E-state index in [1.807, 2.05) is 13.8 Å². The van der Waals surface area contributed by atoms with Gasteiger partial charge in [-0.15, -0.1) is 0 Å². The van der Waals surface area contributed by atoms with Gasteiger partial charge in [0.15, 0.2) is 0 Å². The Morgan fingerprint density at radius 2 is 2.10 bits per heavy atom. The first-order valence-electron chi connectivity index (χ1n) is 3.47. The summed E-state index contributed by atoms with van der Waals surface area (Å²) in [4.78, 5) is 10.6. The largest absolute Gasteiger partial charge is 0.480 e. The molecule has 60 valence electrons. The van der Waals surface area contributed by atoms with Crippen LogP contribution < -0.4 is 5.73 Å². The molecule has 0 fully saturated rings. The summed E-state index contributed by atoms with van der Waals surface area (Å²) in [5, 5.41) is 8.68. The van der Waals surface area contributed by atoms with Crippen LogP contribution in [-0.2, 0) is 4.79 Å². The maximum atomic E-state index is 10.6. The second-order valence-corrected chi connectivity index (χ2v) is 2.85. The van der Waals surface area contributed by atoms with E-state index in [9.17, 15) is 4.79 Å². The van der Waals surface area contributed by atoms with Crippen LogP contribution in [0.3, 0.4) is 0 Å². The standard InChI is InChI=1S/C7H15NO2/c1-4-7(8,5(2)3)6(9)10/h5H,4,8H2,1-3H3,(H,9,10)/t7-/m1/s1. The first-order valence-corrected chi connectivity index (χ1v) is 3.47. The minimum absolute atomic E-state index is 0.0185. The van der Waals surface area contributed by atoms with Crippen LogP contribution in [0.25, 0.3) is 0 Å². The number of carboxylic acids is 1. The lowest BCUT2D eigenvalue weighted by molar-refractivity contribution is -0.145. The lowest BCUT2D eigenvalue weighted by Crippen LogP contribution is -2.51. The molecule has 0 aliphatic carbocycles. The van der Waals surface area contributed by atoms with Gasteiger partial charge in [0, 0.05) is 0 Å². The van der Waals surface area contributed by atoms with Crippen molar-refractivity contribution in [2.45, 2.75) is 32.7 Å². The smallest absolute Gasteiger partial charge is 0.323 e. The Morgan fingerprint density at radius 1 is 1.70 bits per heavy atom. The Morgan fingerprint density at radius 3 is 2.10 bits per heavy atom. The molecular weight excluding hydrogens is 130 g/mol. The van der Waals surface area contributed by atoms with Crippen molar-refractivity contribution in [1.29, 1.82) is 0 Å². The van der Waals surface area contributed by atoms with E-state index >= 15 is 0 Å². The predicted molar refractivity (Wildman–Crippen MR) is 39.7 cm³/mol. The van der Waals surface area contributed by atoms with E-state index in [1.54, 1.807) is 6.92 Å². The fourth-order valence-corrected chi connectivity index (χ4v) is 0.806. The molecule has 0 saturated heterocycles. The van der Waals surface area contributed by atoms with Crippen molar-refractivity contribution in [3.8, 4) is 0 Å². The third kappa shape index (κ3) is 1.48. The van der Waals surface area contributed by atoms with Crippen molar-refractivity contribution in [3.63, 3.8) is 0 Å². The topological polar surface area (TPSA) is 63.3 Å². The Hall–Kier alpha value is -0.570. The van der Waals surface area contributed by atoms with Crippen LogP contribution >= 0.6 is 0 Å². The summed E-state index contributed by atoms with van der Waals surface area (Å²) in [5.41, 5.74) is 4.54. The van der Waals surface area contributed by atoms with E-state index < -0.39 is 11.5 Å². The molecule has 0 aliphatic rings. The summed E-state index contributed by atoms with van der Waals surface area (Å²) in [6.07, 6.45) is 0.472. The molecule has 3 nitrogen and oxygen atoms in total. The molecule has 0 rings (SSSR count). The summed E-state index contributed by atoms with van der Waals surface area (Å²) >= 11 is 0. The molecule has 10 heavy (non-hydrogen) atoms. The molecule has 0 aromatic heterocycles. The molecule has 0 amide bonds. The van der Waals surface area contributed by atoms with Gasteiger partial charge < -0.3 is 10.8 Å². The second-order valence-electron chi connectivity index (χ2n) is 2.85. The van der Waals surface area contributed by atoms with Crippen LogP contribution in [0, 0.1) is 5.92 Å². The number of hydrogen-bond donors (Lipinski definition) is 2. The zero-order valence-corrected chi connectivity index (χ0v) is 6.72. The van der Waals surface area contributed by atoms with Gasteiger partial charge in [-0.2, -0.15) is 0 Å². The molecule has 0 bridgehead atoms. The van der Waals surface area contributed by atoms with Crippen molar-refractivity contribution in [1.82, 2.24) is 0 Å². The molecule has 0 heterocycles. The molecule has 3 N–H and O–H groups in total. The summed E-state index contributed by atoms with van der Waals surface area (Å²) in [6.45, 7) is 5.42. The number of nitrogens with two attached hydrogens (primary N) is 1. The molecule has 0 saturated carbocycles. The number of hydrogen-bond acceptors (Lipinski definition) is 2. The van der Waals surface area contributed by atoms with Crippen LogP contribution in [0.1, 0.15) is 27.2 Å². The third-order valence-electron chi connectivity index (χ3n) is 2.01. The van der Waals surface area contributed by atoms with E-state index in [0.717, 1.165) is 0 Å². The quantitative estimate of drug-likeness (QED) is 0.618. The van der Waals surface area contributed by atoms with Gasteiger partial charge in [-0.05, 0) is 12.3 Å². The molecule has 0 aromatic carbocycles. The Labute approximate surface area is 61.2 Å². The zero-order chi connectivity index (χ0) is 8.36. The Balaban J connectivity index is 4.38. The highest BCUT2D eigenvalue weighted by molar-refractivity contribution is 5.78. The normalized spacial score (nSPS) is 16.9. The highest BCUT2D eigenvalue weighted by Crippen LogP contribution is 2.17. The average Bonchev–Trinajstić information content (AvgIpc) is 1.85. The van der Waals surface area contributed by atoms with Crippen LogP contribution in [-0.4, -0.2) is 16.6 Å². The van der Waals surface area contributed by atoms with Gasteiger partial charge in [0.1, 0.15) is 5.54 Å². The van der Waals surface area contributed by atoms with E-state index in [0.29, 0.717) is 6.42 Å². The molecule has 0 aliphatic heterocycles. The summed E-state index contributed by atoms with van der Waals surface area (Å²) in [5.74, 6) is -0.931. The van der Waals surface area contributed by atoms with E-state index in [-0.39, 0.29) is 5.92 Å². The fourth-order valence-electron chi connectivity index (χ4n) is 0.806. The van der Waals surface area contributed by atoms with Gasteiger partial charge in [0.2, 0.25) is 0 Å². The van der Waals surface area contributed by atoms with Gasteiger partial charge in [-0.3, -0.25) is 4.79 Å². The van der Waals surface area contributed by atoms with Crippen LogP contribution in [0.4, 0.5) is 0 Å². The number of carbonyl (C=O) groups is 1. The average molecular weight is 145 g/mol. The molecule has 0 radical (unpaired) electrons. The van der Waals surface area contributed by atoms with Crippen LogP contribution in [0.5, 0.6) is 0 Å². The van der Waals surface area contributed by atoms with Gasteiger partial charge in [0.05, 0.1) is 0 Å². The molecule has 0 aromatic rings. The first kappa shape index (κ1) is 9.43. The SMILES string of the molecule is CC[C@](N)(C(=O)O)C(C)C. The molecule has 3 heteroatoms. The summed E-state index contributed by atoms with van der Waals surface area (Å²) in [6, 6.07) is 0. The molecule has 0 spiro atoms. The minimum Gasteiger partial charge on any atom is -0.480 e. The number of aliphatic carboxylic acids is 1. The van der Waals surface area contributed by atoms with Gasteiger partial charge in [-0.25, -0.2) is 0 Å². The van der Waals surface area contributed by atoms with Crippen molar-refractivity contribution in [2.24, 2.45) is 11.7 Å². The van der Waals surface area contributed by atoms with E-state index in [1.165, 1.54) is 0 Å². The van der Waals surface area contributed by atoms with E-state index in [2.05, 4.69) is 0 Å². The minimum atomic E-state index is -1.04. The lowest BCUT2D eigenvalue weighted by atomic mass is 9.85. The Kier molecular flexibility index (Phi) is 2.84. The van der Waals surface area contributed by atoms with Crippen LogP contribution in [0.2, 0.25) is 0 Å². The first-order chi connectivity index (χ1) is 4.45. The number of carboxylic acid groups (broad SMARTS) is 1. The Bertz CT molecular complexity index is 134. The van der Waals surface area contributed by atoms with Gasteiger partial charge in [-0.1, -0.05) is 20.8 Å². The highest BCUT2D eigenvalue weighted by Gasteiger charge is 2.35. The maximum Gasteiger partial charge on any atom is 0.323 e. The number of rotatable bonds is 3.